The van der Waals surface area contributed by atoms with Crippen LogP contribution < -0.4 is 9.47 Å². The van der Waals surface area contributed by atoms with E-state index in [-0.39, 0.29) is 5.75 Å². The third-order valence-electron chi connectivity index (χ3n) is 2.32. The summed E-state index contributed by atoms with van der Waals surface area (Å²) < 4.78 is 10.7. The maximum Gasteiger partial charge on any atom is 0.203 e. The molecule has 3 nitrogen and oxygen atoms in total. The molecule has 1 N–H and O–H groups in total. The smallest absolute Gasteiger partial charge is 0.203 e. The molecular formula is C10H12O3. The third-order valence-corrected chi connectivity index (χ3v) is 2.32. The summed E-state index contributed by atoms with van der Waals surface area (Å²) in [4.78, 5) is 0. The van der Waals surface area contributed by atoms with Gasteiger partial charge in [0.15, 0.2) is 11.5 Å². The molecule has 0 bridgehead atoms. The molecule has 0 saturated heterocycles. The zero-order valence-electron chi connectivity index (χ0n) is 7.76. The molecular weight excluding hydrogens is 168 g/mol. The minimum absolute atomic E-state index is 0.203. The molecule has 1 heterocycles. The highest BCUT2D eigenvalue weighted by Crippen LogP contribution is 2.42. The zero-order valence-corrected chi connectivity index (χ0v) is 7.76. The van der Waals surface area contributed by atoms with E-state index in [9.17, 15) is 5.11 Å². The van der Waals surface area contributed by atoms with E-state index in [1.165, 1.54) is 0 Å². The standard InChI is InChI=1S/C10H12O3/c1-6-5-8-10(9(11)7(6)2)13-4-3-12-8/h5,11H,3-4H2,1-2H3. The van der Waals surface area contributed by atoms with Crippen molar-refractivity contribution in [3.63, 3.8) is 0 Å². The molecule has 0 radical (unpaired) electrons. The molecule has 70 valence electrons. The van der Waals surface area contributed by atoms with Crippen LogP contribution in [0.4, 0.5) is 0 Å². The lowest BCUT2D eigenvalue weighted by Crippen LogP contribution is -2.15. The van der Waals surface area contributed by atoms with Crippen molar-refractivity contribution in [3.05, 3.63) is 17.2 Å². The van der Waals surface area contributed by atoms with E-state index in [4.69, 9.17) is 9.47 Å². The van der Waals surface area contributed by atoms with Crippen LogP contribution in [-0.2, 0) is 0 Å². The second-order valence-electron chi connectivity index (χ2n) is 3.19. The molecule has 0 spiro atoms. The van der Waals surface area contributed by atoms with Crippen LogP contribution in [0.2, 0.25) is 0 Å². The Hall–Kier alpha value is -1.38. The number of hydrogen-bond acceptors (Lipinski definition) is 3. The number of aryl methyl sites for hydroxylation is 1. The van der Waals surface area contributed by atoms with Gasteiger partial charge < -0.3 is 14.6 Å². The van der Waals surface area contributed by atoms with E-state index >= 15 is 0 Å². The maximum atomic E-state index is 9.72. The predicted molar refractivity (Wildman–Crippen MR) is 48.6 cm³/mol. The molecule has 3 heteroatoms. The molecule has 2 rings (SSSR count). The number of fused-ring (bicyclic) bond motifs is 1. The molecule has 1 aliphatic rings. The van der Waals surface area contributed by atoms with Gasteiger partial charge in [0.1, 0.15) is 13.2 Å². The third kappa shape index (κ3) is 1.20. The van der Waals surface area contributed by atoms with Gasteiger partial charge in [0, 0.05) is 0 Å². The number of phenolic OH excluding ortho intramolecular Hbond substituents is 1. The Morgan fingerprint density at radius 3 is 2.69 bits per heavy atom. The molecule has 0 saturated carbocycles. The fraction of sp³-hybridized carbons (Fsp3) is 0.400. The van der Waals surface area contributed by atoms with Gasteiger partial charge >= 0.3 is 0 Å². The minimum atomic E-state index is 0.203. The number of hydrogen-bond donors (Lipinski definition) is 1. The van der Waals surface area contributed by atoms with Gasteiger partial charge in [0.2, 0.25) is 5.75 Å². The lowest BCUT2D eigenvalue weighted by atomic mass is 10.1. The molecule has 0 unspecified atom stereocenters. The lowest BCUT2D eigenvalue weighted by Gasteiger charge is -2.21. The first-order valence-electron chi connectivity index (χ1n) is 4.29. The Labute approximate surface area is 76.9 Å². The average Bonchev–Trinajstić information content (AvgIpc) is 2.15. The Bertz CT molecular complexity index is 345. The topological polar surface area (TPSA) is 38.7 Å². The minimum Gasteiger partial charge on any atom is -0.504 e. The van der Waals surface area contributed by atoms with Crippen molar-refractivity contribution in [2.45, 2.75) is 13.8 Å². The fourth-order valence-corrected chi connectivity index (χ4v) is 1.39. The summed E-state index contributed by atoms with van der Waals surface area (Å²) in [6.45, 7) is 4.86. The fourth-order valence-electron chi connectivity index (χ4n) is 1.39. The Morgan fingerprint density at radius 1 is 1.23 bits per heavy atom. The van der Waals surface area contributed by atoms with Crippen molar-refractivity contribution in [1.29, 1.82) is 0 Å². The van der Waals surface area contributed by atoms with Crippen LogP contribution in [0, 0.1) is 13.8 Å². The Balaban J connectivity index is 2.60. The summed E-state index contributed by atoms with van der Waals surface area (Å²) in [6, 6.07) is 1.89. The monoisotopic (exact) mass is 180 g/mol. The Kier molecular flexibility index (Phi) is 1.79. The lowest BCUT2D eigenvalue weighted by molar-refractivity contribution is 0.165. The van der Waals surface area contributed by atoms with Crippen LogP contribution in [0.1, 0.15) is 11.1 Å². The summed E-state index contributed by atoms with van der Waals surface area (Å²) in [5.41, 5.74) is 1.87. The average molecular weight is 180 g/mol. The van der Waals surface area contributed by atoms with E-state index in [1.807, 2.05) is 19.9 Å². The number of aromatic hydroxyl groups is 1. The summed E-state index contributed by atoms with van der Waals surface area (Å²) in [6.07, 6.45) is 0. The van der Waals surface area contributed by atoms with Crippen LogP contribution in [0.25, 0.3) is 0 Å². The van der Waals surface area contributed by atoms with Crippen LogP contribution in [0.5, 0.6) is 17.2 Å². The van der Waals surface area contributed by atoms with Gasteiger partial charge in [-0.3, -0.25) is 0 Å². The van der Waals surface area contributed by atoms with Crippen molar-refractivity contribution in [2.75, 3.05) is 13.2 Å². The molecule has 13 heavy (non-hydrogen) atoms. The van der Waals surface area contributed by atoms with E-state index in [2.05, 4.69) is 0 Å². The molecule has 1 aromatic carbocycles. The van der Waals surface area contributed by atoms with Crippen molar-refractivity contribution >= 4 is 0 Å². The summed E-state index contributed by atoms with van der Waals surface area (Å²) in [5.74, 6) is 1.33. The second-order valence-corrected chi connectivity index (χ2v) is 3.19. The molecule has 1 aliphatic heterocycles. The van der Waals surface area contributed by atoms with Gasteiger partial charge in [-0.25, -0.2) is 0 Å². The first kappa shape index (κ1) is 8.23. The van der Waals surface area contributed by atoms with Crippen molar-refractivity contribution in [3.8, 4) is 17.2 Å². The van der Waals surface area contributed by atoms with Crippen molar-refractivity contribution in [2.24, 2.45) is 0 Å². The zero-order chi connectivity index (χ0) is 9.42. The van der Waals surface area contributed by atoms with E-state index in [0.29, 0.717) is 24.7 Å². The van der Waals surface area contributed by atoms with Gasteiger partial charge in [-0.2, -0.15) is 0 Å². The highest BCUT2D eigenvalue weighted by Gasteiger charge is 2.18. The van der Waals surface area contributed by atoms with Gasteiger partial charge in [-0.15, -0.1) is 0 Å². The summed E-state index contributed by atoms with van der Waals surface area (Å²) in [7, 11) is 0. The van der Waals surface area contributed by atoms with E-state index < -0.39 is 0 Å². The largest absolute Gasteiger partial charge is 0.504 e. The SMILES string of the molecule is Cc1cc2c(c(O)c1C)OCCO2. The van der Waals surface area contributed by atoms with Gasteiger partial charge in [-0.05, 0) is 31.0 Å². The number of rotatable bonds is 0. The predicted octanol–water partition coefficient (Wildman–Crippen LogP) is 1.78. The molecule has 1 aromatic rings. The van der Waals surface area contributed by atoms with Crippen LogP contribution in [0.15, 0.2) is 6.07 Å². The second kappa shape index (κ2) is 2.83. The van der Waals surface area contributed by atoms with Crippen LogP contribution in [0.3, 0.4) is 0 Å². The molecule has 0 aromatic heterocycles. The molecule has 0 atom stereocenters. The Morgan fingerprint density at radius 2 is 1.92 bits per heavy atom. The highest BCUT2D eigenvalue weighted by atomic mass is 16.6. The molecule has 0 fully saturated rings. The molecule has 0 aliphatic carbocycles. The summed E-state index contributed by atoms with van der Waals surface area (Å²) in [5, 5.41) is 9.72. The maximum absolute atomic E-state index is 9.72. The van der Waals surface area contributed by atoms with E-state index in [0.717, 1.165) is 11.1 Å². The first-order valence-corrected chi connectivity index (χ1v) is 4.29. The van der Waals surface area contributed by atoms with Crippen molar-refractivity contribution in [1.82, 2.24) is 0 Å². The van der Waals surface area contributed by atoms with Crippen LogP contribution >= 0.6 is 0 Å². The van der Waals surface area contributed by atoms with Gasteiger partial charge in [0.25, 0.3) is 0 Å². The van der Waals surface area contributed by atoms with Crippen LogP contribution in [-0.4, -0.2) is 18.3 Å². The number of phenols is 1. The van der Waals surface area contributed by atoms with E-state index in [1.54, 1.807) is 0 Å². The first-order chi connectivity index (χ1) is 6.20. The quantitative estimate of drug-likeness (QED) is 0.661. The van der Waals surface area contributed by atoms with Crippen molar-refractivity contribution < 1.29 is 14.6 Å². The normalized spacial score (nSPS) is 14.3. The van der Waals surface area contributed by atoms with Gasteiger partial charge in [-0.1, -0.05) is 0 Å². The number of ether oxygens (including phenoxy) is 2. The molecule has 0 amide bonds. The highest BCUT2D eigenvalue weighted by molar-refractivity contribution is 5.58. The summed E-state index contributed by atoms with van der Waals surface area (Å²) >= 11 is 0. The number of benzene rings is 1. The van der Waals surface area contributed by atoms with Gasteiger partial charge in [0.05, 0.1) is 0 Å².